The summed E-state index contributed by atoms with van der Waals surface area (Å²) in [6.07, 6.45) is 6.83. The highest BCUT2D eigenvalue weighted by molar-refractivity contribution is 5.91. The molecule has 0 fully saturated rings. The largest absolute Gasteiger partial charge is 0.423 e. The highest BCUT2D eigenvalue weighted by atomic mass is 16.5. The van der Waals surface area contributed by atoms with Crippen molar-refractivity contribution in [3.63, 3.8) is 0 Å². The SMILES string of the molecule is CCCCCOC(C)c1ccc(-c2ccc(C(=O)Oc3ccccc3C(CC)CCC)cc2)cc1. The van der Waals surface area contributed by atoms with Crippen LogP contribution in [-0.4, -0.2) is 12.6 Å². The second kappa shape index (κ2) is 13.8. The molecule has 3 aromatic rings. The standard InChI is InChI=1S/C32H40O3/c1-5-8-11-23-34-24(4)26-15-17-27(18-16-26)28-19-21-29(22-20-28)32(33)35-31-14-10-9-13-30(31)25(7-3)12-6-2/h9-10,13-22,24-25H,5-8,11-12,23H2,1-4H3. The molecule has 3 rings (SSSR count). The van der Waals surface area contributed by atoms with E-state index in [0.29, 0.717) is 17.2 Å². The van der Waals surface area contributed by atoms with Crippen LogP contribution >= 0.6 is 0 Å². The van der Waals surface area contributed by atoms with Gasteiger partial charge in [-0.1, -0.05) is 94.6 Å². The molecule has 2 atom stereocenters. The Morgan fingerprint density at radius 1 is 0.800 bits per heavy atom. The van der Waals surface area contributed by atoms with Crippen LogP contribution < -0.4 is 4.74 Å². The van der Waals surface area contributed by atoms with Crippen LogP contribution in [0.1, 0.15) is 99.7 Å². The highest BCUT2D eigenvalue weighted by Gasteiger charge is 2.17. The summed E-state index contributed by atoms with van der Waals surface area (Å²) in [5, 5.41) is 0. The molecule has 0 aliphatic carbocycles. The third kappa shape index (κ3) is 7.53. The van der Waals surface area contributed by atoms with Crippen molar-refractivity contribution < 1.29 is 14.3 Å². The third-order valence-corrected chi connectivity index (χ3v) is 6.64. The fourth-order valence-electron chi connectivity index (χ4n) is 4.45. The lowest BCUT2D eigenvalue weighted by Gasteiger charge is -2.18. The fraction of sp³-hybridized carbons (Fsp3) is 0.406. The maximum absolute atomic E-state index is 12.9. The molecule has 0 bridgehead atoms. The third-order valence-electron chi connectivity index (χ3n) is 6.64. The Morgan fingerprint density at radius 2 is 1.46 bits per heavy atom. The number of ether oxygens (including phenoxy) is 2. The minimum Gasteiger partial charge on any atom is -0.423 e. The van der Waals surface area contributed by atoms with Gasteiger partial charge >= 0.3 is 5.97 Å². The molecular weight excluding hydrogens is 432 g/mol. The lowest BCUT2D eigenvalue weighted by molar-refractivity contribution is 0.0630. The van der Waals surface area contributed by atoms with E-state index in [-0.39, 0.29) is 12.1 Å². The Bertz CT molecular complexity index is 1040. The topological polar surface area (TPSA) is 35.5 Å². The van der Waals surface area contributed by atoms with Gasteiger partial charge < -0.3 is 9.47 Å². The van der Waals surface area contributed by atoms with E-state index in [4.69, 9.17) is 9.47 Å². The summed E-state index contributed by atoms with van der Waals surface area (Å²) < 4.78 is 11.8. The minimum absolute atomic E-state index is 0.0885. The number of rotatable bonds is 13. The quantitative estimate of drug-likeness (QED) is 0.141. The van der Waals surface area contributed by atoms with Crippen molar-refractivity contribution in [3.8, 4) is 16.9 Å². The van der Waals surface area contributed by atoms with Gasteiger partial charge in [-0.3, -0.25) is 0 Å². The summed E-state index contributed by atoms with van der Waals surface area (Å²) in [6.45, 7) is 9.48. The number of hydrogen-bond acceptors (Lipinski definition) is 3. The molecule has 0 radical (unpaired) electrons. The summed E-state index contributed by atoms with van der Waals surface area (Å²) in [5.74, 6) is 0.752. The number of carbonyl (C=O) groups excluding carboxylic acids is 1. The summed E-state index contributed by atoms with van der Waals surface area (Å²) in [5.41, 5.74) is 5.03. The van der Waals surface area contributed by atoms with Crippen LogP contribution in [0.15, 0.2) is 72.8 Å². The van der Waals surface area contributed by atoms with Crippen molar-refractivity contribution in [2.45, 2.75) is 78.2 Å². The molecule has 35 heavy (non-hydrogen) atoms. The van der Waals surface area contributed by atoms with Crippen LogP contribution in [0.5, 0.6) is 5.75 Å². The first-order valence-electron chi connectivity index (χ1n) is 13.2. The maximum Gasteiger partial charge on any atom is 0.343 e. The molecule has 3 heteroatoms. The van der Waals surface area contributed by atoms with Gasteiger partial charge in [0.25, 0.3) is 0 Å². The number of para-hydroxylation sites is 1. The minimum atomic E-state index is -0.320. The van der Waals surface area contributed by atoms with Gasteiger partial charge in [-0.25, -0.2) is 4.79 Å². The Kier molecular flexibility index (Phi) is 10.6. The number of hydrogen-bond donors (Lipinski definition) is 0. The van der Waals surface area contributed by atoms with Crippen LogP contribution in [0.4, 0.5) is 0 Å². The van der Waals surface area contributed by atoms with Crippen LogP contribution in [0.2, 0.25) is 0 Å². The van der Waals surface area contributed by atoms with Crippen molar-refractivity contribution in [2.75, 3.05) is 6.61 Å². The molecule has 0 aliphatic rings. The van der Waals surface area contributed by atoms with E-state index in [9.17, 15) is 4.79 Å². The van der Waals surface area contributed by atoms with Crippen molar-refractivity contribution in [1.29, 1.82) is 0 Å². The Morgan fingerprint density at radius 3 is 2.09 bits per heavy atom. The van der Waals surface area contributed by atoms with E-state index < -0.39 is 0 Å². The van der Waals surface area contributed by atoms with E-state index in [2.05, 4.69) is 58.0 Å². The van der Waals surface area contributed by atoms with E-state index >= 15 is 0 Å². The zero-order chi connectivity index (χ0) is 25.0. The van der Waals surface area contributed by atoms with Gasteiger partial charge in [-0.15, -0.1) is 0 Å². The van der Waals surface area contributed by atoms with Crippen LogP contribution in [-0.2, 0) is 4.74 Å². The van der Waals surface area contributed by atoms with Gasteiger partial charge in [-0.2, -0.15) is 0 Å². The molecule has 2 unspecified atom stereocenters. The Balaban J connectivity index is 1.65. The van der Waals surface area contributed by atoms with E-state index in [1.807, 2.05) is 42.5 Å². The maximum atomic E-state index is 12.9. The predicted molar refractivity (Wildman–Crippen MR) is 145 cm³/mol. The monoisotopic (exact) mass is 472 g/mol. The average molecular weight is 473 g/mol. The van der Waals surface area contributed by atoms with Gasteiger partial charge in [0, 0.05) is 6.61 Å². The summed E-state index contributed by atoms with van der Waals surface area (Å²) in [7, 11) is 0. The normalized spacial score (nSPS) is 12.8. The van der Waals surface area contributed by atoms with E-state index in [1.165, 1.54) is 18.4 Å². The predicted octanol–water partition coefficient (Wildman–Crippen LogP) is 9.13. The zero-order valence-corrected chi connectivity index (χ0v) is 21.8. The molecule has 186 valence electrons. The summed E-state index contributed by atoms with van der Waals surface area (Å²) >= 11 is 0. The number of benzene rings is 3. The lowest BCUT2D eigenvalue weighted by Crippen LogP contribution is -2.11. The smallest absolute Gasteiger partial charge is 0.343 e. The number of esters is 1. The zero-order valence-electron chi connectivity index (χ0n) is 21.8. The first-order chi connectivity index (χ1) is 17.1. The fourth-order valence-corrected chi connectivity index (χ4v) is 4.45. The van der Waals surface area contributed by atoms with Crippen molar-refractivity contribution in [3.05, 3.63) is 89.5 Å². The summed E-state index contributed by atoms with van der Waals surface area (Å²) in [4.78, 5) is 12.9. The van der Waals surface area contributed by atoms with Gasteiger partial charge in [0.1, 0.15) is 5.75 Å². The van der Waals surface area contributed by atoms with Crippen LogP contribution in [0.3, 0.4) is 0 Å². The van der Waals surface area contributed by atoms with Crippen LogP contribution in [0, 0.1) is 0 Å². The Hall–Kier alpha value is -2.91. The highest BCUT2D eigenvalue weighted by Crippen LogP contribution is 2.33. The number of unbranched alkanes of at least 4 members (excludes halogenated alkanes) is 2. The van der Waals surface area contributed by atoms with Gasteiger partial charge in [-0.05, 0) is 72.6 Å². The van der Waals surface area contributed by atoms with Gasteiger partial charge in [0.15, 0.2) is 0 Å². The average Bonchev–Trinajstić information content (AvgIpc) is 2.90. The molecule has 0 amide bonds. The second-order valence-electron chi connectivity index (χ2n) is 9.24. The molecule has 0 N–H and O–H groups in total. The van der Waals surface area contributed by atoms with Crippen molar-refractivity contribution in [1.82, 2.24) is 0 Å². The van der Waals surface area contributed by atoms with Crippen molar-refractivity contribution >= 4 is 5.97 Å². The second-order valence-corrected chi connectivity index (χ2v) is 9.24. The first-order valence-corrected chi connectivity index (χ1v) is 13.2. The molecule has 3 nitrogen and oxygen atoms in total. The Labute approximate surface area is 211 Å². The molecule has 0 saturated carbocycles. The van der Waals surface area contributed by atoms with Gasteiger partial charge in [0.2, 0.25) is 0 Å². The van der Waals surface area contributed by atoms with Crippen molar-refractivity contribution in [2.24, 2.45) is 0 Å². The van der Waals surface area contributed by atoms with E-state index in [1.54, 1.807) is 0 Å². The molecular formula is C32H40O3. The molecule has 3 aromatic carbocycles. The van der Waals surface area contributed by atoms with Crippen LogP contribution in [0.25, 0.3) is 11.1 Å². The lowest BCUT2D eigenvalue weighted by atomic mass is 9.91. The number of carbonyl (C=O) groups is 1. The molecule has 0 aromatic heterocycles. The summed E-state index contributed by atoms with van der Waals surface area (Å²) in [6, 6.07) is 24.0. The molecule has 0 heterocycles. The van der Waals surface area contributed by atoms with Gasteiger partial charge in [0.05, 0.1) is 11.7 Å². The molecule has 0 spiro atoms. The first kappa shape index (κ1) is 26.7. The molecule has 0 saturated heterocycles. The van der Waals surface area contributed by atoms with E-state index in [0.717, 1.165) is 49.0 Å². The molecule has 0 aliphatic heterocycles.